The molecular formula is C8H4F12. The molecule has 2 rings (SSSR count). The van der Waals surface area contributed by atoms with E-state index in [0.717, 1.165) is 0 Å². The van der Waals surface area contributed by atoms with Crippen LogP contribution in [-0.2, 0) is 0 Å². The van der Waals surface area contributed by atoms with E-state index < -0.39 is 48.4 Å². The minimum atomic E-state index is -4.83. The fraction of sp³-hybridized carbons (Fsp3) is 1.00. The molecule has 0 aromatic heterocycles. The van der Waals surface area contributed by atoms with Gasteiger partial charge in [-0.05, 0) is 0 Å². The van der Waals surface area contributed by atoms with Crippen LogP contribution in [0.25, 0.3) is 0 Å². The van der Waals surface area contributed by atoms with E-state index in [4.69, 9.17) is 0 Å². The van der Waals surface area contributed by atoms with E-state index in [1.807, 2.05) is 0 Å². The van der Waals surface area contributed by atoms with E-state index >= 15 is 0 Å². The summed E-state index contributed by atoms with van der Waals surface area (Å²) in [6, 6.07) is 0. The highest BCUT2D eigenvalue weighted by atomic mass is 19.3. The molecular weight excluding hydrogens is 324 g/mol. The van der Waals surface area contributed by atoms with Crippen LogP contribution in [0.2, 0.25) is 0 Å². The topological polar surface area (TPSA) is 0 Å². The Balaban J connectivity index is 0.000000200. The molecule has 0 heterocycles. The molecule has 0 aromatic rings. The molecule has 2 aliphatic rings. The maximum absolute atomic E-state index is 11.6. The number of hydrogen-bond acceptors (Lipinski definition) is 0. The van der Waals surface area contributed by atoms with Gasteiger partial charge in [0.15, 0.2) is 0 Å². The maximum Gasteiger partial charge on any atom is 0.346 e. The molecule has 0 radical (unpaired) electrons. The van der Waals surface area contributed by atoms with Gasteiger partial charge in [-0.15, -0.1) is 0 Å². The number of alkyl halides is 12. The zero-order valence-corrected chi connectivity index (χ0v) is 8.84. The molecule has 2 saturated carbocycles. The Morgan fingerprint density at radius 1 is 0.350 bits per heavy atom. The second-order valence-electron chi connectivity index (χ2n) is 4.10. The highest BCUT2D eigenvalue weighted by Gasteiger charge is 2.81. The first-order chi connectivity index (χ1) is 8.63. The van der Waals surface area contributed by atoms with Crippen LogP contribution in [0, 0.1) is 0 Å². The first-order valence-corrected chi connectivity index (χ1v) is 4.71. The van der Waals surface area contributed by atoms with Crippen LogP contribution in [-0.4, -0.2) is 48.4 Å². The highest BCUT2D eigenvalue weighted by molar-refractivity contribution is 5.12. The van der Waals surface area contributed by atoms with Gasteiger partial charge in [-0.25, -0.2) is 17.6 Å². The van der Waals surface area contributed by atoms with Gasteiger partial charge in [0.25, 0.3) is 0 Å². The zero-order chi connectivity index (χ0) is 16.3. The number of rotatable bonds is 0. The maximum atomic E-state index is 11.6. The molecule has 0 bridgehead atoms. The highest BCUT2D eigenvalue weighted by Crippen LogP contribution is 2.55. The van der Waals surface area contributed by atoms with Gasteiger partial charge in [0.1, 0.15) is 0 Å². The summed E-state index contributed by atoms with van der Waals surface area (Å²) >= 11 is 0. The van der Waals surface area contributed by atoms with Gasteiger partial charge < -0.3 is 0 Å². The van der Waals surface area contributed by atoms with E-state index in [-0.39, 0.29) is 0 Å². The molecule has 0 saturated heterocycles. The van der Waals surface area contributed by atoms with E-state index in [9.17, 15) is 52.7 Å². The van der Waals surface area contributed by atoms with Crippen molar-refractivity contribution >= 4 is 0 Å². The van der Waals surface area contributed by atoms with Gasteiger partial charge in [-0.1, -0.05) is 0 Å². The van der Waals surface area contributed by atoms with Gasteiger partial charge in [0, 0.05) is 0 Å². The Kier molecular flexibility index (Phi) is 3.72. The van der Waals surface area contributed by atoms with Crippen LogP contribution < -0.4 is 0 Å². The lowest BCUT2D eigenvalue weighted by molar-refractivity contribution is -0.351. The van der Waals surface area contributed by atoms with Crippen LogP contribution in [0.5, 0.6) is 0 Å². The van der Waals surface area contributed by atoms with E-state index in [1.165, 1.54) is 0 Å². The summed E-state index contributed by atoms with van der Waals surface area (Å²) in [6.07, 6.45) is -13.4. The molecule has 0 aliphatic heterocycles. The van der Waals surface area contributed by atoms with E-state index in [2.05, 4.69) is 0 Å². The van der Waals surface area contributed by atoms with Crippen molar-refractivity contribution in [3.63, 3.8) is 0 Å². The van der Waals surface area contributed by atoms with Crippen molar-refractivity contribution in [2.45, 2.75) is 48.4 Å². The van der Waals surface area contributed by atoms with Gasteiger partial charge in [0.05, 0.1) is 0 Å². The van der Waals surface area contributed by atoms with Crippen LogP contribution in [0.1, 0.15) is 0 Å². The summed E-state index contributed by atoms with van der Waals surface area (Å²) in [5.41, 5.74) is 0. The third-order valence-electron chi connectivity index (χ3n) is 2.79. The molecule has 0 aromatic carbocycles. The summed E-state index contributed by atoms with van der Waals surface area (Å²) in [5, 5.41) is 0. The molecule has 4 unspecified atom stereocenters. The molecule has 20 heavy (non-hydrogen) atoms. The number of halogens is 12. The molecule has 120 valence electrons. The fourth-order valence-corrected chi connectivity index (χ4v) is 1.28. The summed E-state index contributed by atoms with van der Waals surface area (Å²) < 4.78 is 139. The average Bonchev–Trinajstić information content (AvgIpc) is 2.35. The Morgan fingerprint density at radius 3 is 0.500 bits per heavy atom. The quantitative estimate of drug-likeness (QED) is 0.592. The van der Waals surface area contributed by atoms with Crippen molar-refractivity contribution in [2.24, 2.45) is 0 Å². The predicted molar refractivity (Wildman–Crippen MR) is 39.4 cm³/mol. The second kappa shape index (κ2) is 4.33. The SMILES string of the molecule is FC1C(F)C(F)(F)C1(F)F.FC1C(F)C(F)(F)C1(F)F. The van der Waals surface area contributed by atoms with Gasteiger partial charge in [0.2, 0.25) is 24.7 Å². The Hall–Kier alpha value is -0.840. The van der Waals surface area contributed by atoms with Crippen LogP contribution in [0.4, 0.5) is 52.7 Å². The summed E-state index contributed by atoms with van der Waals surface area (Å²) in [4.78, 5) is 0. The predicted octanol–water partition coefficient (Wildman–Crippen LogP) is 3.89. The fourth-order valence-electron chi connectivity index (χ4n) is 1.28. The monoisotopic (exact) mass is 328 g/mol. The van der Waals surface area contributed by atoms with Gasteiger partial charge in [-0.3, -0.25) is 0 Å². The van der Waals surface area contributed by atoms with E-state index in [1.54, 1.807) is 0 Å². The normalized spacial score (nSPS) is 42.6. The first kappa shape index (κ1) is 17.2. The van der Waals surface area contributed by atoms with Crippen molar-refractivity contribution in [1.29, 1.82) is 0 Å². The molecule has 2 fully saturated rings. The number of hydrogen-bond donors (Lipinski definition) is 0. The van der Waals surface area contributed by atoms with Crippen molar-refractivity contribution in [3.05, 3.63) is 0 Å². The van der Waals surface area contributed by atoms with Crippen molar-refractivity contribution in [1.82, 2.24) is 0 Å². The largest absolute Gasteiger partial charge is 0.346 e. The molecule has 0 amide bonds. The van der Waals surface area contributed by atoms with E-state index in [0.29, 0.717) is 0 Å². The molecule has 4 atom stereocenters. The Morgan fingerprint density at radius 2 is 0.450 bits per heavy atom. The van der Waals surface area contributed by atoms with Crippen LogP contribution in [0.3, 0.4) is 0 Å². The van der Waals surface area contributed by atoms with Crippen molar-refractivity contribution in [2.75, 3.05) is 0 Å². The zero-order valence-electron chi connectivity index (χ0n) is 8.84. The lowest BCUT2D eigenvalue weighted by Crippen LogP contribution is -2.70. The molecule has 0 spiro atoms. The second-order valence-corrected chi connectivity index (χ2v) is 4.10. The first-order valence-electron chi connectivity index (χ1n) is 4.71. The Labute approximate surface area is 102 Å². The molecule has 0 N–H and O–H groups in total. The summed E-state index contributed by atoms with van der Waals surface area (Å²) in [5.74, 6) is -19.3. The summed E-state index contributed by atoms with van der Waals surface area (Å²) in [7, 11) is 0. The third kappa shape index (κ3) is 1.85. The third-order valence-corrected chi connectivity index (χ3v) is 2.79. The van der Waals surface area contributed by atoms with Crippen molar-refractivity contribution in [3.8, 4) is 0 Å². The molecule has 12 heteroatoms. The van der Waals surface area contributed by atoms with Crippen LogP contribution >= 0.6 is 0 Å². The smallest absolute Gasteiger partial charge is 0.237 e. The lowest BCUT2D eigenvalue weighted by Gasteiger charge is -2.41. The van der Waals surface area contributed by atoms with Crippen LogP contribution in [0.15, 0.2) is 0 Å². The summed E-state index contributed by atoms with van der Waals surface area (Å²) in [6.45, 7) is 0. The van der Waals surface area contributed by atoms with Gasteiger partial charge in [-0.2, -0.15) is 35.1 Å². The molecule has 2 aliphatic carbocycles. The van der Waals surface area contributed by atoms with Crippen molar-refractivity contribution < 1.29 is 52.7 Å². The molecule has 0 nitrogen and oxygen atoms in total. The minimum Gasteiger partial charge on any atom is -0.237 e. The Bertz CT molecular complexity index is 304. The van der Waals surface area contributed by atoms with Gasteiger partial charge >= 0.3 is 23.7 Å². The standard InChI is InChI=1S/2C4H2F6/c2*5-1-2(6)4(9,10)3(1,7)8/h2*1-2H. The lowest BCUT2D eigenvalue weighted by atomic mass is 9.85. The average molecular weight is 328 g/mol. The minimum absolute atomic E-state index is 3.36.